The Morgan fingerprint density at radius 1 is 1.00 bits per heavy atom. The molecule has 0 unspecified atom stereocenters. The lowest BCUT2D eigenvalue weighted by Crippen LogP contribution is -1.87. The molecule has 0 atom stereocenters. The SMILES string of the molecule is Cc1cn(C)c(C)n1.Cc1ncn(C)c1C. The lowest BCUT2D eigenvalue weighted by molar-refractivity contribution is 0.858. The van der Waals surface area contributed by atoms with Crippen LogP contribution in [0.4, 0.5) is 0 Å². The molecule has 0 saturated carbocycles. The summed E-state index contributed by atoms with van der Waals surface area (Å²) in [6.07, 6.45) is 3.83. The molecule has 0 saturated heterocycles. The minimum absolute atomic E-state index is 1.07. The van der Waals surface area contributed by atoms with Crippen molar-refractivity contribution in [1.82, 2.24) is 19.1 Å². The van der Waals surface area contributed by atoms with Crippen LogP contribution in [-0.4, -0.2) is 19.1 Å². The Hall–Kier alpha value is -1.58. The second-order valence-corrected chi connectivity index (χ2v) is 4.07. The Balaban J connectivity index is 0.000000160. The van der Waals surface area contributed by atoms with E-state index in [0.717, 1.165) is 17.2 Å². The zero-order valence-corrected chi connectivity index (χ0v) is 10.9. The molecule has 0 aliphatic rings. The van der Waals surface area contributed by atoms with Crippen LogP contribution in [0.3, 0.4) is 0 Å². The van der Waals surface area contributed by atoms with Crippen molar-refractivity contribution in [3.05, 3.63) is 35.4 Å². The van der Waals surface area contributed by atoms with Crippen LogP contribution in [0.15, 0.2) is 12.5 Å². The van der Waals surface area contributed by atoms with E-state index >= 15 is 0 Å². The summed E-state index contributed by atoms with van der Waals surface area (Å²) in [4.78, 5) is 8.25. The zero-order chi connectivity index (χ0) is 12.3. The second kappa shape index (κ2) is 4.96. The van der Waals surface area contributed by atoms with Crippen LogP contribution >= 0.6 is 0 Å². The van der Waals surface area contributed by atoms with Crippen LogP contribution in [0.5, 0.6) is 0 Å². The Morgan fingerprint density at radius 3 is 1.75 bits per heavy atom. The summed E-state index contributed by atoms with van der Waals surface area (Å²) in [6.45, 7) is 8.05. The number of rotatable bonds is 0. The predicted octanol–water partition coefficient (Wildman–Crippen LogP) is 2.07. The number of hydrogen-bond acceptors (Lipinski definition) is 2. The number of hydrogen-bond donors (Lipinski definition) is 0. The van der Waals surface area contributed by atoms with Gasteiger partial charge in [-0.15, -0.1) is 0 Å². The number of aryl methyl sites for hydroxylation is 5. The van der Waals surface area contributed by atoms with Crippen LogP contribution in [0, 0.1) is 27.7 Å². The van der Waals surface area contributed by atoms with E-state index in [9.17, 15) is 0 Å². The van der Waals surface area contributed by atoms with E-state index in [-0.39, 0.29) is 0 Å². The van der Waals surface area contributed by atoms with Gasteiger partial charge < -0.3 is 9.13 Å². The molecule has 16 heavy (non-hydrogen) atoms. The third-order valence-corrected chi connectivity index (χ3v) is 2.71. The molecule has 2 aromatic heterocycles. The number of aromatic nitrogens is 4. The second-order valence-electron chi connectivity index (χ2n) is 4.07. The van der Waals surface area contributed by atoms with Gasteiger partial charge >= 0.3 is 0 Å². The Morgan fingerprint density at radius 2 is 1.62 bits per heavy atom. The van der Waals surface area contributed by atoms with E-state index in [1.54, 1.807) is 0 Å². The smallest absolute Gasteiger partial charge is 0.105 e. The highest BCUT2D eigenvalue weighted by Crippen LogP contribution is 1.99. The van der Waals surface area contributed by atoms with Gasteiger partial charge in [0.25, 0.3) is 0 Å². The van der Waals surface area contributed by atoms with E-state index in [1.165, 1.54) is 5.69 Å². The van der Waals surface area contributed by atoms with Gasteiger partial charge in [-0.25, -0.2) is 9.97 Å². The molecular formula is C12H20N4. The highest BCUT2D eigenvalue weighted by molar-refractivity contribution is 5.07. The maximum atomic E-state index is 4.17. The van der Waals surface area contributed by atoms with E-state index in [1.807, 2.05) is 56.5 Å². The minimum atomic E-state index is 1.07. The van der Waals surface area contributed by atoms with Crippen LogP contribution in [0.25, 0.3) is 0 Å². The average Bonchev–Trinajstić information content (AvgIpc) is 2.65. The van der Waals surface area contributed by atoms with E-state index in [4.69, 9.17) is 0 Å². The molecule has 0 aliphatic heterocycles. The van der Waals surface area contributed by atoms with Crippen molar-refractivity contribution in [3.63, 3.8) is 0 Å². The van der Waals surface area contributed by atoms with Crippen LogP contribution < -0.4 is 0 Å². The van der Waals surface area contributed by atoms with E-state index in [0.29, 0.717) is 0 Å². The fraction of sp³-hybridized carbons (Fsp3) is 0.500. The molecule has 0 radical (unpaired) electrons. The van der Waals surface area contributed by atoms with Crippen molar-refractivity contribution in [2.75, 3.05) is 0 Å². The molecule has 2 rings (SSSR count). The summed E-state index contributed by atoms with van der Waals surface area (Å²) in [7, 11) is 3.99. The third kappa shape index (κ3) is 2.95. The molecule has 2 aromatic rings. The molecule has 88 valence electrons. The first-order valence-corrected chi connectivity index (χ1v) is 5.33. The standard InChI is InChI=1S/2C6H10N2/c1-5-6(2)8(3)4-7-5;1-5-4-8(3)6(2)7-5/h2*4H,1-3H3. The van der Waals surface area contributed by atoms with Crippen molar-refractivity contribution >= 4 is 0 Å². The lowest BCUT2D eigenvalue weighted by Gasteiger charge is -1.90. The van der Waals surface area contributed by atoms with Crippen molar-refractivity contribution in [3.8, 4) is 0 Å². The molecule has 0 aliphatic carbocycles. The highest BCUT2D eigenvalue weighted by atomic mass is 15.0. The summed E-state index contributed by atoms with van der Waals surface area (Å²) in [6, 6.07) is 0. The molecule has 0 spiro atoms. The quantitative estimate of drug-likeness (QED) is 0.681. The van der Waals surface area contributed by atoms with Crippen LogP contribution in [0.2, 0.25) is 0 Å². The van der Waals surface area contributed by atoms with E-state index in [2.05, 4.69) is 16.9 Å². The maximum Gasteiger partial charge on any atom is 0.105 e. The molecule has 0 N–H and O–H groups in total. The molecule has 0 bridgehead atoms. The molecular weight excluding hydrogens is 200 g/mol. The summed E-state index contributed by atoms with van der Waals surface area (Å²) in [5, 5.41) is 0. The fourth-order valence-electron chi connectivity index (χ4n) is 1.35. The zero-order valence-electron chi connectivity index (χ0n) is 10.9. The molecule has 4 heteroatoms. The van der Waals surface area contributed by atoms with Crippen LogP contribution in [0.1, 0.15) is 22.9 Å². The summed E-state index contributed by atoms with van der Waals surface area (Å²) in [5.74, 6) is 1.07. The van der Waals surface area contributed by atoms with Gasteiger partial charge in [0.1, 0.15) is 5.82 Å². The number of imidazole rings is 2. The molecule has 0 fully saturated rings. The van der Waals surface area contributed by atoms with E-state index < -0.39 is 0 Å². The summed E-state index contributed by atoms with van der Waals surface area (Å²) >= 11 is 0. The van der Waals surface area contributed by atoms with Gasteiger partial charge in [0.2, 0.25) is 0 Å². The maximum absolute atomic E-state index is 4.17. The van der Waals surface area contributed by atoms with Gasteiger partial charge in [-0.05, 0) is 27.7 Å². The van der Waals surface area contributed by atoms with Crippen molar-refractivity contribution in [1.29, 1.82) is 0 Å². The Bertz CT molecular complexity index is 426. The highest BCUT2D eigenvalue weighted by Gasteiger charge is 1.94. The Labute approximate surface area is 97.0 Å². The molecule has 0 amide bonds. The topological polar surface area (TPSA) is 35.6 Å². The monoisotopic (exact) mass is 220 g/mol. The predicted molar refractivity (Wildman–Crippen MR) is 65.4 cm³/mol. The first-order valence-electron chi connectivity index (χ1n) is 5.33. The van der Waals surface area contributed by atoms with Crippen molar-refractivity contribution in [2.24, 2.45) is 14.1 Å². The van der Waals surface area contributed by atoms with Gasteiger partial charge in [0.05, 0.1) is 17.7 Å². The lowest BCUT2D eigenvalue weighted by atomic mass is 10.4. The normalized spacial score (nSPS) is 9.88. The fourth-order valence-corrected chi connectivity index (χ4v) is 1.35. The Kier molecular flexibility index (Phi) is 3.88. The first kappa shape index (κ1) is 12.5. The number of nitrogens with zero attached hydrogens (tertiary/aromatic N) is 4. The van der Waals surface area contributed by atoms with Gasteiger partial charge in [-0.3, -0.25) is 0 Å². The average molecular weight is 220 g/mol. The van der Waals surface area contributed by atoms with Gasteiger partial charge in [0, 0.05) is 26.0 Å². The van der Waals surface area contributed by atoms with Crippen molar-refractivity contribution in [2.45, 2.75) is 27.7 Å². The molecule has 2 heterocycles. The minimum Gasteiger partial charge on any atom is -0.338 e. The largest absolute Gasteiger partial charge is 0.338 e. The summed E-state index contributed by atoms with van der Waals surface area (Å²) < 4.78 is 4.02. The molecule has 4 nitrogen and oxygen atoms in total. The van der Waals surface area contributed by atoms with Crippen LogP contribution in [-0.2, 0) is 14.1 Å². The first-order chi connectivity index (χ1) is 7.41. The summed E-state index contributed by atoms with van der Waals surface area (Å²) in [5.41, 5.74) is 3.45. The van der Waals surface area contributed by atoms with Gasteiger partial charge in [-0.2, -0.15) is 0 Å². The van der Waals surface area contributed by atoms with Gasteiger partial charge in [0.15, 0.2) is 0 Å². The molecule has 0 aromatic carbocycles. The van der Waals surface area contributed by atoms with Crippen molar-refractivity contribution < 1.29 is 0 Å². The van der Waals surface area contributed by atoms with Gasteiger partial charge in [-0.1, -0.05) is 0 Å². The third-order valence-electron chi connectivity index (χ3n) is 2.71.